The number of nitrogens with zero attached hydrogens (tertiary/aromatic N) is 1. The zero-order chi connectivity index (χ0) is 23.0. The third kappa shape index (κ3) is 4.19. The molecular formula is C27H25ClN2O2. The number of halogens is 1. The van der Waals surface area contributed by atoms with Crippen LogP contribution >= 0.6 is 11.6 Å². The molecule has 162 valence electrons. The average molecular weight is 445 g/mol. The first kappa shape index (κ1) is 21.8. The van der Waals surface area contributed by atoms with Crippen molar-refractivity contribution in [3.05, 3.63) is 100 Å². The number of carbonyl (C=O) groups is 2. The van der Waals surface area contributed by atoms with Gasteiger partial charge in [-0.1, -0.05) is 68.8 Å². The van der Waals surface area contributed by atoms with Crippen LogP contribution in [-0.2, 0) is 15.0 Å². The summed E-state index contributed by atoms with van der Waals surface area (Å²) in [6.45, 7) is 8.37. The SMILES string of the molecule is Cc1cccc(N2C(=O)C(Nc3ccc(C(C)(C)C)cc3)=C(c3ccc(Cl)cc3)C2=O)c1. The lowest BCUT2D eigenvalue weighted by molar-refractivity contribution is -0.120. The van der Waals surface area contributed by atoms with Gasteiger partial charge in [-0.05, 0) is 65.4 Å². The summed E-state index contributed by atoms with van der Waals surface area (Å²) in [6, 6.07) is 22.2. The van der Waals surface area contributed by atoms with Crippen molar-refractivity contribution in [1.82, 2.24) is 0 Å². The van der Waals surface area contributed by atoms with Crippen molar-refractivity contribution in [2.45, 2.75) is 33.1 Å². The molecule has 5 heteroatoms. The van der Waals surface area contributed by atoms with E-state index in [0.29, 0.717) is 21.8 Å². The third-order valence-electron chi connectivity index (χ3n) is 5.50. The average Bonchev–Trinajstić information content (AvgIpc) is 2.98. The van der Waals surface area contributed by atoms with Crippen molar-refractivity contribution in [2.24, 2.45) is 0 Å². The van der Waals surface area contributed by atoms with Gasteiger partial charge in [-0.3, -0.25) is 9.59 Å². The van der Waals surface area contributed by atoms with E-state index in [0.717, 1.165) is 11.3 Å². The van der Waals surface area contributed by atoms with E-state index in [-0.39, 0.29) is 22.9 Å². The third-order valence-corrected chi connectivity index (χ3v) is 5.75. The van der Waals surface area contributed by atoms with Gasteiger partial charge < -0.3 is 5.32 Å². The minimum atomic E-state index is -0.384. The Balaban J connectivity index is 1.78. The number of benzene rings is 3. The summed E-state index contributed by atoms with van der Waals surface area (Å²) in [5.74, 6) is -0.748. The van der Waals surface area contributed by atoms with Gasteiger partial charge >= 0.3 is 0 Å². The van der Waals surface area contributed by atoms with Gasteiger partial charge in [0.2, 0.25) is 0 Å². The Morgan fingerprint density at radius 3 is 2.09 bits per heavy atom. The first-order valence-corrected chi connectivity index (χ1v) is 10.9. The molecule has 0 aromatic heterocycles. The highest BCUT2D eigenvalue weighted by atomic mass is 35.5. The predicted molar refractivity (Wildman–Crippen MR) is 131 cm³/mol. The van der Waals surface area contributed by atoms with E-state index in [1.165, 1.54) is 10.5 Å². The molecule has 1 heterocycles. The molecule has 32 heavy (non-hydrogen) atoms. The summed E-state index contributed by atoms with van der Waals surface area (Å²) < 4.78 is 0. The Morgan fingerprint density at radius 2 is 1.50 bits per heavy atom. The molecule has 0 saturated heterocycles. The number of nitrogens with one attached hydrogen (secondary N) is 1. The quantitative estimate of drug-likeness (QED) is 0.477. The van der Waals surface area contributed by atoms with Crippen molar-refractivity contribution in [3.63, 3.8) is 0 Å². The lowest BCUT2D eigenvalue weighted by atomic mass is 9.87. The summed E-state index contributed by atoms with van der Waals surface area (Å²) >= 11 is 6.05. The Hall–Kier alpha value is -3.37. The van der Waals surface area contributed by atoms with E-state index in [2.05, 4.69) is 26.1 Å². The zero-order valence-electron chi connectivity index (χ0n) is 18.6. The molecule has 0 atom stereocenters. The first-order valence-electron chi connectivity index (χ1n) is 10.5. The largest absolute Gasteiger partial charge is 0.350 e. The number of carbonyl (C=O) groups excluding carboxylic acids is 2. The van der Waals surface area contributed by atoms with Crippen LogP contribution in [0.15, 0.2) is 78.5 Å². The number of aryl methyl sites for hydroxylation is 1. The minimum Gasteiger partial charge on any atom is -0.350 e. The van der Waals surface area contributed by atoms with Gasteiger partial charge in [0.1, 0.15) is 5.70 Å². The predicted octanol–water partition coefficient (Wildman–Crippen LogP) is 6.34. The number of anilines is 2. The monoisotopic (exact) mass is 444 g/mol. The van der Waals surface area contributed by atoms with E-state index in [1.54, 1.807) is 30.3 Å². The summed E-state index contributed by atoms with van der Waals surface area (Å²) in [4.78, 5) is 28.2. The number of hydrogen-bond donors (Lipinski definition) is 1. The van der Waals surface area contributed by atoms with E-state index in [1.807, 2.05) is 49.4 Å². The summed E-state index contributed by atoms with van der Waals surface area (Å²) in [7, 11) is 0. The standard InChI is InChI=1S/C27H25ClN2O2/c1-17-6-5-7-22(16-17)30-25(31)23(18-8-12-20(28)13-9-18)24(26(30)32)29-21-14-10-19(11-15-21)27(2,3)4/h5-16,29H,1-4H3. The van der Waals surface area contributed by atoms with E-state index < -0.39 is 0 Å². The molecule has 3 aromatic carbocycles. The molecule has 4 rings (SSSR count). The van der Waals surface area contributed by atoms with Crippen molar-refractivity contribution < 1.29 is 9.59 Å². The molecule has 0 aliphatic carbocycles. The summed E-state index contributed by atoms with van der Waals surface area (Å²) in [5.41, 5.74) is 4.68. The van der Waals surface area contributed by atoms with Crippen LogP contribution in [0.25, 0.3) is 5.57 Å². The Kier molecular flexibility index (Phi) is 5.66. The fourth-order valence-electron chi connectivity index (χ4n) is 3.73. The molecule has 1 aliphatic rings. The van der Waals surface area contributed by atoms with Gasteiger partial charge in [0.25, 0.3) is 11.8 Å². The highest BCUT2D eigenvalue weighted by Gasteiger charge is 2.40. The van der Waals surface area contributed by atoms with Crippen molar-refractivity contribution in [3.8, 4) is 0 Å². The Morgan fingerprint density at radius 1 is 0.844 bits per heavy atom. The molecule has 1 N–H and O–H groups in total. The highest BCUT2D eigenvalue weighted by Crippen LogP contribution is 2.34. The maximum Gasteiger partial charge on any atom is 0.282 e. The van der Waals surface area contributed by atoms with Gasteiger partial charge in [-0.25, -0.2) is 4.90 Å². The molecule has 3 aromatic rings. The topological polar surface area (TPSA) is 49.4 Å². The van der Waals surface area contributed by atoms with Crippen LogP contribution in [0.1, 0.15) is 37.5 Å². The summed E-state index contributed by atoms with van der Waals surface area (Å²) in [6.07, 6.45) is 0. The van der Waals surface area contributed by atoms with Crippen LogP contribution in [-0.4, -0.2) is 11.8 Å². The number of amides is 2. The second-order valence-electron chi connectivity index (χ2n) is 8.99. The van der Waals surface area contributed by atoms with Crippen molar-refractivity contribution in [2.75, 3.05) is 10.2 Å². The normalized spacial score (nSPS) is 14.3. The van der Waals surface area contributed by atoms with Crippen molar-refractivity contribution >= 4 is 40.4 Å². The van der Waals surface area contributed by atoms with Crippen LogP contribution < -0.4 is 10.2 Å². The smallest absolute Gasteiger partial charge is 0.282 e. The van der Waals surface area contributed by atoms with Gasteiger partial charge in [0.05, 0.1) is 11.3 Å². The molecule has 0 bridgehead atoms. The van der Waals surface area contributed by atoms with Crippen LogP contribution in [0, 0.1) is 6.92 Å². The highest BCUT2D eigenvalue weighted by molar-refractivity contribution is 6.46. The second-order valence-corrected chi connectivity index (χ2v) is 9.43. The molecule has 4 nitrogen and oxygen atoms in total. The minimum absolute atomic E-state index is 0.0212. The van der Waals surface area contributed by atoms with E-state index in [9.17, 15) is 9.59 Å². The first-order chi connectivity index (χ1) is 15.1. The Labute approximate surface area is 193 Å². The maximum absolute atomic E-state index is 13.5. The molecule has 0 unspecified atom stereocenters. The van der Waals surface area contributed by atoms with Crippen LogP contribution in [0.5, 0.6) is 0 Å². The molecule has 0 saturated carbocycles. The van der Waals surface area contributed by atoms with Crippen molar-refractivity contribution in [1.29, 1.82) is 0 Å². The van der Waals surface area contributed by atoms with Crippen LogP contribution in [0.4, 0.5) is 11.4 Å². The summed E-state index contributed by atoms with van der Waals surface area (Å²) in [5, 5.41) is 3.78. The van der Waals surface area contributed by atoms with Crippen LogP contribution in [0.2, 0.25) is 5.02 Å². The van der Waals surface area contributed by atoms with Gasteiger partial charge in [0.15, 0.2) is 0 Å². The molecule has 2 amide bonds. The Bertz CT molecular complexity index is 1220. The number of hydrogen-bond acceptors (Lipinski definition) is 3. The molecule has 1 aliphatic heterocycles. The second kappa shape index (κ2) is 8.29. The fourth-order valence-corrected chi connectivity index (χ4v) is 3.86. The molecule has 0 fully saturated rings. The lowest BCUT2D eigenvalue weighted by Crippen LogP contribution is -2.32. The van der Waals surface area contributed by atoms with Gasteiger partial charge in [-0.2, -0.15) is 0 Å². The molecular weight excluding hydrogens is 420 g/mol. The van der Waals surface area contributed by atoms with Crippen LogP contribution in [0.3, 0.4) is 0 Å². The fraction of sp³-hybridized carbons (Fsp3) is 0.185. The van der Waals surface area contributed by atoms with E-state index in [4.69, 9.17) is 11.6 Å². The van der Waals surface area contributed by atoms with E-state index >= 15 is 0 Å². The maximum atomic E-state index is 13.5. The number of rotatable bonds is 4. The molecule has 0 radical (unpaired) electrons. The number of imide groups is 1. The van der Waals surface area contributed by atoms with Gasteiger partial charge in [0, 0.05) is 10.7 Å². The zero-order valence-corrected chi connectivity index (χ0v) is 19.3. The lowest BCUT2D eigenvalue weighted by Gasteiger charge is -2.19. The van der Waals surface area contributed by atoms with Gasteiger partial charge in [-0.15, -0.1) is 0 Å². The molecule has 0 spiro atoms.